The van der Waals surface area contributed by atoms with Crippen molar-refractivity contribution in [1.82, 2.24) is 4.98 Å². The number of H-pyrrole nitrogens is 1. The smallest absolute Gasteiger partial charge is 0.207 e. The molecular weight excluding hydrogens is 575 g/mol. The standard InChI is InChI=1S/C36H25NO4S2/c38-42(39,26-12-3-1-4-13-26)34-20-9-7-16-28(34)25-22-23-32-31(24-25)36-30(18-11-19-33(36)37-32)29-17-8-10-21-35(29)43(40,41)27-14-5-2-6-15-27/h1-24,37H. The monoisotopic (exact) mass is 599 g/mol. The molecule has 0 amide bonds. The van der Waals surface area contributed by atoms with Crippen LogP contribution < -0.4 is 0 Å². The lowest BCUT2D eigenvalue weighted by atomic mass is 9.97. The summed E-state index contributed by atoms with van der Waals surface area (Å²) in [6, 6.07) is 42.5. The Bertz CT molecular complexity index is 2360. The SMILES string of the molecule is O=S(=O)(c1ccccc1)c1ccccc1-c1ccc2[nH]c3cccc(-c4ccccc4S(=O)(=O)c4ccccc4)c3c2c1. The number of hydrogen-bond acceptors (Lipinski definition) is 4. The maximum atomic E-state index is 13.8. The third-order valence-electron chi connectivity index (χ3n) is 7.68. The highest BCUT2D eigenvalue weighted by Crippen LogP contribution is 2.41. The zero-order chi connectivity index (χ0) is 29.6. The molecular formula is C36H25NO4S2. The fourth-order valence-electron chi connectivity index (χ4n) is 5.66. The average molecular weight is 600 g/mol. The molecule has 0 bridgehead atoms. The van der Waals surface area contributed by atoms with Crippen molar-refractivity contribution in [2.45, 2.75) is 19.6 Å². The molecule has 0 aliphatic rings. The molecule has 1 N–H and O–H groups in total. The highest BCUT2D eigenvalue weighted by molar-refractivity contribution is 7.92. The number of benzene rings is 6. The van der Waals surface area contributed by atoms with Gasteiger partial charge in [-0.3, -0.25) is 0 Å². The zero-order valence-corrected chi connectivity index (χ0v) is 24.4. The van der Waals surface area contributed by atoms with E-state index < -0.39 is 19.7 Å². The lowest BCUT2D eigenvalue weighted by Gasteiger charge is -2.13. The summed E-state index contributed by atoms with van der Waals surface area (Å²) in [6.07, 6.45) is 0. The zero-order valence-electron chi connectivity index (χ0n) is 22.8. The first-order chi connectivity index (χ1) is 20.9. The lowest BCUT2D eigenvalue weighted by molar-refractivity contribution is 0.594. The van der Waals surface area contributed by atoms with E-state index in [9.17, 15) is 16.8 Å². The minimum Gasteiger partial charge on any atom is -0.354 e. The maximum absolute atomic E-state index is 13.8. The molecule has 0 unspecified atom stereocenters. The molecule has 0 aliphatic carbocycles. The minimum atomic E-state index is -3.80. The van der Waals surface area contributed by atoms with Crippen molar-refractivity contribution < 1.29 is 16.8 Å². The molecule has 0 saturated carbocycles. The Kier molecular flexibility index (Phi) is 6.49. The molecule has 0 saturated heterocycles. The summed E-state index contributed by atoms with van der Waals surface area (Å²) >= 11 is 0. The number of nitrogens with one attached hydrogen (secondary N) is 1. The van der Waals surface area contributed by atoms with Crippen molar-refractivity contribution in [3.05, 3.63) is 146 Å². The van der Waals surface area contributed by atoms with Crippen LogP contribution in [0.3, 0.4) is 0 Å². The van der Waals surface area contributed by atoms with Gasteiger partial charge in [0.15, 0.2) is 0 Å². The second kappa shape index (κ2) is 10.4. The normalized spacial score (nSPS) is 12.1. The second-order valence-electron chi connectivity index (χ2n) is 10.2. The Hall–Kier alpha value is -4.98. The molecule has 6 aromatic carbocycles. The molecule has 0 spiro atoms. The summed E-state index contributed by atoms with van der Waals surface area (Å²) in [5.41, 5.74) is 4.40. The fraction of sp³-hybridized carbons (Fsp3) is 0. The minimum absolute atomic E-state index is 0.221. The fourth-order valence-corrected chi connectivity index (χ4v) is 8.66. The van der Waals surface area contributed by atoms with Crippen molar-refractivity contribution in [1.29, 1.82) is 0 Å². The number of aromatic nitrogens is 1. The molecule has 210 valence electrons. The molecule has 0 atom stereocenters. The van der Waals surface area contributed by atoms with E-state index in [2.05, 4.69) is 4.98 Å². The van der Waals surface area contributed by atoms with Crippen LogP contribution in [0.2, 0.25) is 0 Å². The number of fused-ring (bicyclic) bond motifs is 3. The summed E-state index contributed by atoms with van der Waals surface area (Å²) in [6.45, 7) is 0. The molecule has 1 aromatic heterocycles. The van der Waals surface area contributed by atoms with Crippen LogP contribution in [0.25, 0.3) is 44.1 Å². The predicted octanol–water partition coefficient (Wildman–Crippen LogP) is 8.32. The quantitative estimate of drug-likeness (QED) is 0.208. The first-order valence-electron chi connectivity index (χ1n) is 13.7. The molecule has 7 rings (SSSR count). The number of sulfone groups is 2. The van der Waals surface area contributed by atoms with Crippen LogP contribution in [0, 0.1) is 0 Å². The Balaban J connectivity index is 1.45. The maximum Gasteiger partial charge on any atom is 0.207 e. The molecule has 5 nitrogen and oxygen atoms in total. The van der Waals surface area contributed by atoms with Crippen LogP contribution in [-0.2, 0) is 19.7 Å². The van der Waals surface area contributed by atoms with Crippen LogP contribution in [0.5, 0.6) is 0 Å². The van der Waals surface area contributed by atoms with Gasteiger partial charge in [-0.2, -0.15) is 0 Å². The molecule has 0 fully saturated rings. The van der Waals surface area contributed by atoms with Gasteiger partial charge in [-0.25, -0.2) is 16.8 Å². The summed E-state index contributed by atoms with van der Waals surface area (Å²) in [5, 5.41) is 1.72. The molecule has 0 aliphatic heterocycles. The Morgan fingerprint density at radius 1 is 0.419 bits per heavy atom. The van der Waals surface area contributed by atoms with Crippen molar-refractivity contribution in [2.75, 3.05) is 0 Å². The van der Waals surface area contributed by atoms with E-state index in [1.807, 2.05) is 60.7 Å². The van der Waals surface area contributed by atoms with Crippen LogP contribution in [0.1, 0.15) is 0 Å². The lowest BCUT2D eigenvalue weighted by Crippen LogP contribution is -2.04. The van der Waals surface area contributed by atoms with E-state index in [1.54, 1.807) is 84.9 Å². The van der Waals surface area contributed by atoms with Gasteiger partial charge >= 0.3 is 0 Å². The third-order valence-corrected chi connectivity index (χ3v) is 11.3. The van der Waals surface area contributed by atoms with Gasteiger partial charge in [0.1, 0.15) is 0 Å². The number of aromatic amines is 1. The Labute approximate surface area is 249 Å². The van der Waals surface area contributed by atoms with Gasteiger partial charge in [0, 0.05) is 32.9 Å². The molecule has 7 heteroatoms. The van der Waals surface area contributed by atoms with E-state index in [4.69, 9.17) is 0 Å². The van der Waals surface area contributed by atoms with E-state index in [0.29, 0.717) is 11.1 Å². The Morgan fingerprint density at radius 2 is 0.930 bits per heavy atom. The number of rotatable bonds is 6. The summed E-state index contributed by atoms with van der Waals surface area (Å²) < 4.78 is 54.9. The first-order valence-corrected chi connectivity index (χ1v) is 16.7. The van der Waals surface area contributed by atoms with E-state index in [1.165, 1.54) is 0 Å². The van der Waals surface area contributed by atoms with Gasteiger partial charge in [-0.1, -0.05) is 91.0 Å². The van der Waals surface area contributed by atoms with Gasteiger partial charge in [-0.15, -0.1) is 0 Å². The van der Waals surface area contributed by atoms with E-state index in [0.717, 1.165) is 32.9 Å². The summed E-state index contributed by atoms with van der Waals surface area (Å²) in [5.74, 6) is 0. The van der Waals surface area contributed by atoms with Crippen LogP contribution in [-0.4, -0.2) is 21.8 Å². The van der Waals surface area contributed by atoms with Crippen molar-refractivity contribution in [3.63, 3.8) is 0 Å². The highest BCUT2D eigenvalue weighted by atomic mass is 32.2. The molecule has 7 aromatic rings. The molecule has 1 heterocycles. The van der Waals surface area contributed by atoms with Gasteiger partial charge in [0.05, 0.1) is 19.6 Å². The molecule has 0 radical (unpaired) electrons. The molecule has 43 heavy (non-hydrogen) atoms. The van der Waals surface area contributed by atoms with Gasteiger partial charge < -0.3 is 4.98 Å². The summed E-state index contributed by atoms with van der Waals surface area (Å²) in [7, 11) is -7.57. The predicted molar refractivity (Wildman–Crippen MR) is 170 cm³/mol. The summed E-state index contributed by atoms with van der Waals surface area (Å²) in [4.78, 5) is 4.36. The highest BCUT2D eigenvalue weighted by Gasteiger charge is 2.24. The second-order valence-corrected chi connectivity index (χ2v) is 14.1. The van der Waals surface area contributed by atoms with Crippen molar-refractivity contribution >= 4 is 41.5 Å². The van der Waals surface area contributed by atoms with Crippen LogP contribution >= 0.6 is 0 Å². The van der Waals surface area contributed by atoms with Crippen molar-refractivity contribution in [2.24, 2.45) is 0 Å². The first kappa shape index (κ1) is 26.9. The van der Waals surface area contributed by atoms with Gasteiger partial charge in [-0.05, 0) is 65.7 Å². The Morgan fingerprint density at radius 3 is 1.56 bits per heavy atom. The van der Waals surface area contributed by atoms with Crippen LogP contribution in [0.15, 0.2) is 165 Å². The van der Waals surface area contributed by atoms with Gasteiger partial charge in [0.2, 0.25) is 19.7 Å². The van der Waals surface area contributed by atoms with Crippen molar-refractivity contribution in [3.8, 4) is 22.3 Å². The third kappa shape index (κ3) is 4.54. The topological polar surface area (TPSA) is 84.1 Å². The van der Waals surface area contributed by atoms with Gasteiger partial charge in [0.25, 0.3) is 0 Å². The van der Waals surface area contributed by atoms with E-state index >= 15 is 0 Å². The largest absolute Gasteiger partial charge is 0.354 e. The number of hydrogen-bond donors (Lipinski definition) is 1. The average Bonchev–Trinajstić information content (AvgIpc) is 3.44. The van der Waals surface area contributed by atoms with E-state index in [-0.39, 0.29) is 19.6 Å². The van der Waals surface area contributed by atoms with Crippen LogP contribution in [0.4, 0.5) is 0 Å².